The standard InChI is InChI=1S/C18H32N2O5/c1-7-12-8-9-14(16(22)23)20(12)15(21)13(10-11(2)3)19-17(24)25-18(4,5)6/h11-14H,7-10H2,1-6H3,(H,19,24)(H,22,23)/t12-,13?,14-/m0/s1. The van der Waals surface area contributed by atoms with Gasteiger partial charge in [0, 0.05) is 6.04 Å². The summed E-state index contributed by atoms with van der Waals surface area (Å²) in [6.45, 7) is 11.1. The molecule has 7 nitrogen and oxygen atoms in total. The fourth-order valence-corrected chi connectivity index (χ4v) is 3.18. The van der Waals surface area contributed by atoms with Crippen molar-refractivity contribution in [3.05, 3.63) is 0 Å². The molecule has 1 fully saturated rings. The van der Waals surface area contributed by atoms with Crippen LogP contribution in [0.2, 0.25) is 0 Å². The Balaban J connectivity index is 2.98. The van der Waals surface area contributed by atoms with Crippen LogP contribution in [-0.4, -0.2) is 51.7 Å². The van der Waals surface area contributed by atoms with Gasteiger partial charge in [-0.25, -0.2) is 9.59 Å². The number of carbonyl (C=O) groups excluding carboxylic acids is 2. The van der Waals surface area contributed by atoms with E-state index >= 15 is 0 Å². The van der Waals surface area contributed by atoms with E-state index in [0.29, 0.717) is 25.7 Å². The van der Waals surface area contributed by atoms with Crippen LogP contribution in [0.5, 0.6) is 0 Å². The summed E-state index contributed by atoms with van der Waals surface area (Å²) in [6.07, 6.45) is 1.57. The van der Waals surface area contributed by atoms with Gasteiger partial charge >= 0.3 is 12.1 Å². The fraction of sp³-hybridized carbons (Fsp3) is 0.833. The summed E-state index contributed by atoms with van der Waals surface area (Å²) < 4.78 is 5.25. The molecule has 1 aliphatic heterocycles. The van der Waals surface area contributed by atoms with Gasteiger partial charge in [0.15, 0.2) is 0 Å². The maximum absolute atomic E-state index is 13.1. The molecule has 1 aliphatic rings. The molecular weight excluding hydrogens is 324 g/mol. The number of amides is 2. The molecular formula is C18H32N2O5. The Kier molecular flexibility index (Phi) is 7.26. The lowest BCUT2D eigenvalue weighted by atomic mass is 10.0. The first-order chi connectivity index (χ1) is 11.5. The molecule has 0 aromatic carbocycles. The highest BCUT2D eigenvalue weighted by molar-refractivity contribution is 5.90. The third-order valence-electron chi connectivity index (χ3n) is 4.21. The zero-order chi connectivity index (χ0) is 19.4. The van der Waals surface area contributed by atoms with E-state index in [0.717, 1.165) is 0 Å². The number of rotatable bonds is 6. The summed E-state index contributed by atoms with van der Waals surface area (Å²) in [7, 11) is 0. The molecule has 7 heteroatoms. The van der Waals surface area contributed by atoms with Gasteiger partial charge in [-0.05, 0) is 52.4 Å². The number of carboxylic acids is 1. The summed E-state index contributed by atoms with van der Waals surface area (Å²) in [6, 6.07) is -1.72. The van der Waals surface area contributed by atoms with Gasteiger partial charge in [0.25, 0.3) is 0 Å². The molecule has 1 saturated heterocycles. The normalized spacial score (nSPS) is 22.0. The van der Waals surface area contributed by atoms with Crippen LogP contribution in [0.3, 0.4) is 0 Å². The minimum absolute atomic E-state index is 0.108. The maximum Gasteiger partial charge on any atom is 0.408 e. The van der Waals surface area contributed by atoms with Gasteiger partial charge in [0.05, 0.1) is 0 Å². The van der Waals surface area contributed by atoms with Crippen molar-refractivity contribution in [3.8, 4) is 0 Å². The van der Waals surface area contributed by atoms with Gasteiger partial charge < -0.3 is 20.1 Å². The molecule has 0 radical (unpaired) electrons. The molecule has 0 aromatic rings. The molecule has 25 heavy (non-hydrogen) atoms. The molecule has 1 heterocycles. The van der Waals surface area contributed by atoms with E-state index in [1.807, 2.05) is 20.8 Å². The first-order valence-electron chi connectivity index (χ1n) is 9.00. The third-order valence-corrected chi connectivity index (χ3v) is 4.21. The fourth-order valence-electron chi connectivity index (χ4n) is 3.18. The molecule has 0 saturated carbocycles. The monoisotopic (exact) mass is 356 g/mol. The highest BCUT2D eigenvalue weighted by atomic mass is 16.6. The summed E-state index contributed by atoms with van der Waals surface area (Å²) in [5.41, 5.74) is -0.668. The SMILES string of the molecule is CC[C@H]1CC[C@@H](C(=O)O)N1C(=O)C(CC(C)C)NC(=O)OC(C)(C)C. The van der Waals surface area contributed by atoms with Crippen molar-refractivity contribution in [1.29, 1.82) is 0 Å². The van der Waals surface area contributed by atoms with Crippen LogP contribution < -0.4 is 5.32 Å². The Morgan fingerprint density at radius 3 is 2.28 bits per heavy atom. The molecule has 3 atom stereocenters. The Labute approximate surface area is 150 Å². The molecule has 0 spiro atoms. The van der Waals surface area contributed by atoms with E-state index in [4.69, 9.17) is 4.74 Å². The predicted octanol–water partition coefficient (Wildman–Crippen LogP) is 2.78. The Morgan fingerprint density at radius 1 is 1.24 bits per heavy atom. The van der Waals surface area contributed by atoms with Gasteiger partial charge in [-0.1, -0.05) is 20.8 Å². The van der Waals surface area contributed by atoms with Gasteiger partial charge in [-0.15, -0.1) is 0 Å². The zero-order valence-electron chi connectivity index (χ0n) is 16.2. The van der Waals surface area contributed by atoms with E-state index in [1.165, 1.54) is 4.90 Å². The van der Waals surface area contributed by atoms with E-state index in [1.54, 1.807) is 20.8 Å². The Morgan fingerprint density at radius 2 is 1.84 bits per heavy atom. The number of aliphatic carboxylic acids is 1. The lowest BCUT2D eigenvalue weighted by Crippen LogP contribution is -2.55. The van der Waals surface area contributed by atoms with Crippen molar-refractivity contribution in [2.45, 2.75) is 91.0 Å². The van der Waals surface area contributed by atoms with Gasteiger partial charge in [0.1, 0.15) is 17.7 Å². The van der Waals surface area contributed by atoms with Crippen molar-refractivity contribution in [2.24, 2.45) is 5.92 Å². The van der Waals surface area contributed by atoms with Crippen molar-refractivity contribution in [2.75, 3.05) is 0 Å². The Bertz CT molecular complexity index is 498. The van der Waals surface area contributed by atoms with Crippen LogP contribution in [0.4, 0.5) is 4.79 Å². The molecule has 1 unspecified atom stereocenters. The van der Waals surface area contributed by atoms with Crippen LogP contribution >= 0.6 is 0 Å². The second-order valence-corrected chi connectivity index (χ2v) is 8.07. The minimum Gasteiger partial charge on any atom is -0.480 e. The zero-order valence-corrected chi connectivity index (χ0v) is 16.2. The van der Waals surface area contributed by atoms with E-state index < -0.39 is 29.7 Å². The maximum atomic E-state index is 13.1. The Hall–Kier alpha value is -1.79. The highest BCUT2D eigenvalue weighted by Gasteiger charge is 2.43. The average molecular weight is 356 g/mol. The van der Waals surface area contributed by atoms with Crippen molar-refractivity contribution < 1.29 is 24.2 Å². The molecule has 0 aliphatic carbocycles. The average Bonchev–Trinajstić information content (AvgIpc) is 2.87. The molecule has 144 valence electrons. The predicted molar refractivity (Wildman–Crippen MR) is 94.2 cm³/mol. The van der Waals surface area contributed by atoms with Crippen molar-refractivity contribution in [1.82, 2.24) is 10.2 Å². The topological polar surface area (TPSA) is 95.9 Å². The van der Waals surface area contributed by atoms with Crippen LogP contribution in [0, 0.1) is 5.92 Å². The lowest BCUT2D eigenvalue weighted by Gasteiger charge is -2.32. The van der Waals surface area contributed by atoms with Crippen LogP contribution in [0.15, 0.2) is 0 Å². The number of nitrogens with zero attached hydrogens (tertiary/aromatic N) is 1. The molecule has 1 rings (SSSR count). The number of alkyl carbamates (subject to hydrolysis) is 1. The van der Waals surface area contributed by atoms with Crippen LogP contribution in [0.1, 0.15) is 67.2 Å². The van der Waals surface area contributed by atoms with E-state index in [2.05, 4.69) is 5.32 Å². The second-order valence-electron chi connectivity index (χ2n) is 8.07. The van der Waals surface area contributed by atoms with E-state index in [9.17, 15) is 19.5 Å². The number of hydrogen-bond acceptors (Lipinski definition) is 4. The smallest absolute Gasteiger partial charge is 0.408 e. The van der Waals surface area contributed by atoms with Gasteiger partial charge in [0.2, 0.25) is 5.91 Å². The second kappa shape index (κ2) is 8.54. The third kappa shape index (κ3) is 6.21. The summed E-state index contributed by atoms with van der Waals surface area (Å²) in [4.78, 5) is 38.2. The molecule has 2 amide bonds. The van der Waals surface area contributed by atoms with Crippen molar-refractivity contribution in [3.63, 3.8) is 0 Å². The van der Waals surface area contributed by atoms with Gasteiger partial charge in [-0.2, -0.15) is 0 Å². The van der Waals surface area contributed by atoms with Crippen LogP contribution in [0.25, 0.3) is 0 Å². The summed E-state index contributed by atoms with van der Waals surface area (Å²) in [5, 5.41) is 12.1. The van der Waals surface area contributed by atoms with Gasteiger partial charge in [-0.3, -0.25) is 4.79 Å². The largest absolute Gasteiger partial charge is 0.480 e. The number of ether oxygens (including phenoxy) is 1. The molecule has 0 aromatic heterocycles. The van der Waals surface area contributed by atoms with E-state index in [-0.39, 0.29) is 17.9 Å². The minimum atomic E-state index is -0.995. The number of carboxylic acid groups (broad SMARTS) is 1. The summed E-state index contributed by atoms with van der Waals surface area (Å²) >= 11 is 0. The first kappa shape index (κ1) is 21.3. The molecule has 0 bridgehead atoms. The number of hydrogen-bond donors (Lipinski definition) is 2. The number of nitrogens with one attached hydrogen (secondary N) is 1. The van der Waals surface area contributed by atoms with Crippen molar-refractivity contribution >= 4 is 18.0 Å². The highest BCUT2D eigenvalue weighted by Crippen LogP contribution is 2.28. The summed E-state index contributed by atoms with van der Waals surface area (Å²) in [5.74, 6) is -1.17. The lowest BCUT2D eigenvalue weighted by molar-refractivity contribution is -0.150. The quantitative estimate of drug-likeness (QED) is 0.763. The van der Waals surface area contributed by atoms with Crippen LogP contribution in [-0.2, 0) is 14.3 Å². The number of carbonyl (C=O) groups is 3. The number of likely N-dealkylation sites (tertiary alicyclic amines) is 1. The molecule has 2 N–H and O–H groups in total. The first-order valence-corrected chi connectivity index (χ1v) is 9.00.